The molecule has 2 heterocycles. The summed E-state index contributed by atoms with van der Waals surface area (Å²) in [4.78, 5) is 20.2. The van der Waals surface area contributed by atoms with E-state index in [2.05, 4.69) is 15.3 Å². The number of nitrogens with zero attached hydrogens (tertiary/aromatic N) is 2. The van der Waals surface area contributed by atoms with Crippen LogP contribution in [0, 0.1) is 12.8 Å². The minimum atomic E-state index is -1.15. The second kappa shape index (κ2) is 5.87. The van der Waals surface area contributed by atoms with Gasteiger partial charge in [0.25, 0.3) is 0 Å². The molecule has 0 fully saturated rings. The highest BCUT2D eigenvalue weighted by Crippen LogP contribution is 2.31. The van der Waals surface area contributed by atoms with Gasteiger partial charge in [0.2, 0.25) is 0 Å². The van der Waals surface area contributed by atoms with Crippen molar-refractivity contribution in [3.05, 3.63) is 30.1 Å². The van der Waals surface area contributed by atoms with E-state index in [1.807, 2.05) is 38.1 Å². The fourth-order valence-electron chi connectivity index (χ4n) is 2.62. The van der Waals surface area contributed by atoms with Crippen LogP contribution in [0.5, 0.6) is 0 Å². The topological polar surface area (TPSA) is 91.1 Å². The number of aryl methyl sites for hydroxylation is 1. The van der Waals surface area contributed by atoms with Crippen LogP contribution in [0.2, 0.25) is 0 Å². The lowest BCUT2D eigenvalue weighted by Gasteiger charge is -2.25. The van der Waals surface area contributed by atoms with Crippen LogP contribution >= 0.6 is 0 Å². The molecule has 6 heteroatoms. The number of carbonyl (C=O) groups excluding carboxylic acids is 1. The number of carboxylic acid groups (broad SMARTS) is 1. The van der Waals surface area contributed by atoms with Crippen LogP contribution in [0.25, 0.3) is 22.1 Å². The lowest BCUT2D eigenvalue weighted by atomic mass is 9.99. The Hall–Kier alpha value is -2.63. The molecule has 0 saturated heterocycles. The van der Waals surface area contributed by atoms with Crippen molar-refractivity contribution in [3.8, 4) is 0 Å². The van der Waals surface area contributed by atoms with Crippen molar-refractivity contribution in [3.63, 3.8) is 0 Å². The Kier molecular flexibility index (Phi) is 3.90. The number of fused-ring (bicyclic) bond motifs is 3. The van der Waals surface area contributed by atoms with Crippen molar-refractivity contribution in [1.29, 1.82) is 0 Å². The maximum absolute atomic E-state index is 11.4. The van der Waals surface area contributed by atoms with Gasteiger partial charge in [0.15, 0.2) is 11.4 Å². The predicted molar refractivity (Wildman–Crippen MR) is 85.9 cm³/mol. The Balaban J connectivity index is 2.15. The number of anilines is 1. The summed E-state index contributed by atoms with van der Waals surface area (Å²) in [6.07, 6.45) is 0.707. The van der Waals surface area contributed by atoms with E-state index in [4.69, 9.17) is 4.42 Å². The lowest BCUT2D eigenvalue weighted by molar-refractivity contribution is -0.307. The SMILES string of the molecule is CC[C@H](C)[C@H](Nc1nc(C)nc2c1oc1ccccc12)C(=O)[O-]. The summed E-state index contributed by atoms with van der Waals surface area (Å²) in [7, 11) is 0. The number of rotatable bonds is 5. The molecule has 0 saturated carbocycles. The molecule has 1 aromatic carbocycles. The first-order valence-electron chi connectivity index (χ1n) is 7.64. The highest BCUT2D eigenvalue weighted by molar-refractivity contribution is 6.05. The number of benzene rings is 1. The van der Waals surface area contributed by atoms with Gasteiger partial charge in [-0.25, -0.2) is 9.97 Å². The number of furan rings is 1. The van der Waals surface area contributed by atoms with Crippen LogP contribution < -0.4 is 10.4 Å². The number of para-hydroxylation sites is 1. The zero-order valence-corrected chi connectivity index (χ0v) is 13.3. The van der Waals surface area contributed by atoms with E-state index in [-0.39, 0.29) is 5.92 Å². The molecule has 0 bridgehead atoms. The molecule has 0 radical (unpaired) electrons. The standard InChI is InChI=1S/C17H19N3O3/c1-4-9(2)13(17(21)22)20-16-15-14(18-10(3)19-16)11-7-5-6-8-12(11)23-15/h5-9,13H,4H2,1-3H3,(H,21,22)(H,18,19,20)/p-1/t9-,13-/m0/s1. The Morgan fingerprint density at radius 1 is 1.35 bits per heavy atom. The molecule has 120 valence electrons. The van der Waals surface area contributed by atoms with Crippen molar-refractivity contribution >= 4 is 33.9 Å². The molecule has 6 nitrogen and oxygen atoms in total. The first-order chi connectivity index (χ1) is 11.0. The van der Waals surface area contributed by atoms with Gasteiger partial charge in [0.1, 0.15) is 16.9 Å². The van der Waals surface area contributed by atoms with Crippen molar-refractivity contribution < 1.29 is 14.3 Å². The Labute approximate surface area is 133 Å². The highest BCUT2D eigenvalue weighted by Gasteiger charge is 2.21. The van der Waals surface area contributed by atoms with Gasteiger partial charge in [-0.05, 0) is 25.0 Å². The molecule has 0 aliphatic rings. The first-order valence-corrected chi connectivity index (χ1v) is 7.64. The summed E-state index contributed by atoms with van der Waals surface area (Å²) in [5.41, 5.74) is 1.84. The summed E-state index contributed by atoms with van der Waals surface area (Å²) in [5, 5.41) is 15.3. The van der Waals surface area contributed by atoms with Crippen LogP contribution in [0.1, 0.15) is 26.1 Å². The minimum absolute atomic E-state index is 0.102. The van der Waals surface area contributed by atoms with Crippen molar-refractivity contribution in [2.75, 3.05) is 5.32 Å². The summed E-state index contributed by atoms with van der Waals surface area (Å²) >= 11 is 0. The highest BCUT2D eigenvalue weighted by atomic mass is 16.4. The third kappa shape index (κ3) is 2.72. The molecule has 0 amide bonds. The number of hydrogen-bond donors (Lipinski definition) is 1. The van der Waals surface area contributed by atoms with Crippen molar-refractivity contribution in [2.45, 2.75) is 33.2 Å². The molecule has 23 heavy (non-hydrogen) atoms. The molecule has 1 N–H and O–H groups in total. The van der Waals surface area contributed by atoms with Crippen LogP contribution in [-0.4, -0.2) is 22.0 Å². The van der Waals surface area contributed by atoms with Gasteiger partial charge in [-0.1, -0.05) is 32.4 Å². The monoisotopic (exact) mass is 312 g/mol. The van der Waals surface area contributed by atoms with Gasteiger partial charge in [-0.15, -0.1) is 0 Å². The number of hydrogen-bond acceptors (Lipinski definition) is 6. The fraction of sp³-hybridized carbons (Fsp3) is 0.353. The summed E-state index contributed by atoms with van der Waals surface area (Å²) in [6, 6.07) is 6.71. The minimum Gasteiger partial charge on any atom is -0.548 e. The number of aromatic nitrogens is 2. The van der Waals surface area contributed by atoms with E-state index in [0.29, 0.717) is 34.7 Å². The van der Waals surface area contributed by atoms with E-state index < -0.39 is 12.0 Å². The van der Waals surface area contributed by atoms with Crippen molar-refractivity contribution in [2.24, 2.45) is 5.92 Å². The van der Waals surface area contributed by atoms with E-state index in [9.17, 15) is 9.90 Å². The van der Waals surface area contributed by atoms with E-state index >= 15 is 0 Å². The smallest absolute Gasteiger partial charge is 0.196 e. The van der Waals surface area contributed by atoms with Gasteiger partial charge in [0, 0.05) is 5.39 Å². The Morgan fingerprint density at radius 3 is 2.78 bits per heavy atom. The quantitative estimate of drug-likeness (QED) is 0.777. The number of carboxylic acids is 1. The molecular weight excluding hydrogens is 294 g/mol. The lowest BCUT2D eigenvalue weighted by Crippen LogP contribution is -2.45. The van der Waals surface area contributed by atoms with Crippen molar-refractivity contribution in [1.82, 2.24) is 9.97 Å². The van der Waals surface area contributed by atoms with E-state index in [1.165, 1.54) is 0 Å². The average Bonchev–Trinajstić information content (AvgIpc) is 2.90. The summed E-state index contributed by atoms with van der Waals surface area (Å²) in [6.45, 7) is 5.56. The number of aliphatic carboxylic acids is 1. The van der Waals surface area contributed by atoms with Crippen LogP contribution in [-0.2, 0) is 4.79 Å². The summed E-state index contributed by atoms with van der Waals surface area (Å²) < 4.78 is 5.83. The van der Waals surface area contributed by atoms with E-state index in [1.54, 1.807) is 6.92 Å². The fourth-order valence-corrected chi connectivity index (χ4v) is 2.62. The average molecular weight is 312 g/mol. The molecule has 3 rings (SSSR count). The molecule has 2 aromatic heterocycles. The van der Waals surface area contributed by atoms with Crippen LogP contribution in [0.3, 0.4) is 0 Å². The molecule has 2 atom stereocenters. The predicted octanol–water partition coefficient (Wildman–Crippen LogP) is 2.26. The van der Waals surface area contributed by atoms with Gasteiger partial charge in [0.05, 0.1) is 12.0 Å². The summed E-state index contributed by atoms with van der Waals surface area (Å²) in [5.74, 6) is -0.319. The molecule has 0 aliphatic heterocycles. The second-order valence-electron chi connectivity index (χ2n) is 5.72. The maximum atomic E-state index is 11.4. The molecule has 3 aromatic rings. The zero-order valence-electron chi connectivity index (χ0n) is 13.3. The molecule has 0 unspecified atom stereocenters. The molecular formula is C17H18N3O3-. The molecule has 0 aliphatic carbocycles. The Morgan fingerprint density at radius 2 is 2.09 bits per heavy atom. The third-order valence-corrected chi connectivity index (χ3v) is 4.09. The number of nitrogens with one attached hydrogen (secondary N) is 1. The molecule has 0 spiro atoms. The van der Waals surface area contributed by atoms with Crippen LogP contribution in [0.15, 0.2) is 28.7 Å². The first kappa shape index (κ1) is 15.3. The van der Waals surface area contributed by atoms with E-state index in [0.717, 1.165) is 5.39 Å². The largest absolute Gasteiger partial charge is 0.548 e. The van der Waals surface area contributed by atoms with Gasteiger partial charge >= 0.3 is 0 Å². The second-order valence-corrected chi connectivity index (χ2v) is 5.72. The number of carbonyl (C=O) groups is 1. The van der Waals surface area contributed by atoms with Gasteiger partial charge in [-0.3, -0.25) is 0 Å². The van der Waals surface area contributed by atoms with Crippen LogP contribution in [0.4, 0.5) is 5.82 Å². The zero-order chi connectivity index (χ0) is 16.6. The Bertz CT molecular complexity index is 872. The van der Waals surface area contributed by atoms with Gasteiger partial charge < -0.3 is 19.6 Å². The van der Waals surface area contributed by atoms with Gasteiger partial charge in [-0.2, -0.15) is 0 Å². The third-order valence-electron chi connectivity index (χ3n) is 4.09. The maximum Gasteiger partial charge on any atom is 0.196 e. The normalized spacial score (nSPS) is 14.0.